The lowest BCUT2D eigenvalue weighted by molar-refractivity contribution is -0.384. The molecule has 9 nitrogen and oxygen atoms in total. The van der Waals surface area contributed by atoms with Gasteiger partial charge in [0.25, 0.3) is 11.6 Å². The molecule has 1 saturated carbocycles. The summed E-state index contributed by atoms with van der Waals surface area (Å²) in [6.07, 6.45) is -0.333. The molecule has 0 aromatic heterocycles. The number of rotatable bonds is 2. The maximum atomic E-state index is 10.9. The lowest BCUT2D eigenvalue weighted by Gasteiger charge is -2.26. The quantitative estimate of drug-likeness (QED) is 0.613. The van der Waals surface area contributed by atoms with E-state index in [4.69, 9.17) is 26.8 Å². The van der Waals surface area contributed by atoms with Crippen LogP contribution in [0.15, 0.2) is 23.2 Å². The number of non-ortho nitro benzene ring substituents is 1. The van der Waals surface area contributed by atoms with Crippen molar-refractivity contribution in [3.63, 3.8) is 0 Å². The standard InChI is InChI=1S/C16H12ClN5O4/c1-8-5-25-16(26-8)15(7-19)12(14(15,6-18)13(20)21-16)10-3-2-9(22(23)24)4-11(10)17/h2-4,8,12H,5H2,1H3,(H2,20,21)/t8-,12+,14+,15+,16+/m0/s1. The van der Waals surface area contributed by atoms with Crippen molar-refractivity contribution in [1.82, 2.24) is 0 Å². The maximum Gasteiger partial charge on any atom is 0.293 e. The first-order chi connectivity index (χ1) is 12.3. The van der Waals surface area contributed by atoms with E-state index in [0.717, 1.165) is 0 Å². The zero-order chi connectivity index (χ0) is 18.9. The Morgan fingerprint density at radius 1 is 1.46 bits per heavy atom. The number of nitro groups is 1. The largest absolute Gasteiger partial charge is 0.386 e. The first-order valence-corrected chi connectivity index (χ1v) is 8.11. The van der Waals surface area contributed by atoms with E-state index in [1.165, 1.54) is 18.2 Å². The molecule has 3 aliphatic rings. The van der Waals surface area contributed by atoms with Crippen molar-refractivity contribution in [3.8, 4) is 12.1 Å². The van der Waals surface area contributed by atoms with Crippen LogP contribution in [0.1, 0.15) is 18.4 Å². The zero-order valence-electron chi connectivity index (χ0n) is 13.5. The molecule has 0 bridgehead atoms. The second-order valence-corrected chi connectivity index (χ2v) is 6.96. The lowest BCUT2D eigenvalue weighted by atomic mass is 9.94. The summed E-state index contributed by atoms with van der Waals surface area (Å²) in [6, 6.07) is 8.13. The minimum absolute atomic E-state index is 0.0601. The van der Waals surface area contributed by atoms with Crippen molar-refractivity contribution in [1.29, 1.82) is 10.5 Å². The van der Waals surface area contributed by atoms with Crippen LogP contribution in [0, 0.1) is 43.6 Å². The van der Waals surface area contributed by atoms with Crippen LogP contribution in [0.25, 0.3) is 0 Å². The Bertz CT molecular complexity index is 968. The summed E-state index contributed by atoms with van der Waals surface area (Å²) in [7, 11) is 0. The number of ether oxygens (including phenoxy) is 2. The van der Waals surface area contributed by atoms with Crippen molar-refractivity contribution in [2.45, 2.75) is 24.9 Å². The molecular weight excluding hydrogens is 362 g/mol. The minimum Gasteiger partial charge on any atom is -0.386 e. The Labute approximate surface area is 152 Å². The van der Waals surface area contributed by atoms with Gasteiger partial charge in [-0.15, -0.1) is 0 Å². The Morgan fingerprint density at radius 3 is 2.69 bits per heavy atom. The molecule has 5 atom stereocenters. The van der Waals surface area contributed by atoms with Gasteiger partial charge in [0.2, 0.25) is 0 Å². The molecule has 26 heavy (non-hydrogen) atoms. The van der Waals surface area contributed by atoms with Crippen molar-refractivity contribution in [2.24, 2.45) is 21.6 Å². The number of benzene rings is 1. The summed E-state index contributed by atoms with van der Waals surface area (Å²) < 4.78 is 11.5. The average Bonchev–Trinajstić information content (AvgIpc) is 2.97. The molecule has 10 heteroatoms. The highest BCUT2D eigenvalue weighted by Crippen LogP contribution is 2.83. The highest BCUT2D eigenvalue weighted by atomic mass is 35.5. The van der Waals surface area contributed by atoms with Gasteiger partial charge in [0.05, 0.1) is 34.8 Å². The molecule has 1 saturated heterocycles. The lowest BCUT2D eigenvalue weighted by Crippen LogP contribution is -2.39. The summed E-state index contributed by atoms with van der Waals surface area (Å²) in [5, 5.41) is 30.9. The monoisotopic (exact) mass is 373 g/mol. The summed E-state index contributed by atoms with van der Waals surface area (Å²) >= 11 is 6.24. The molecule has 1 spiro atoms. The van der Waals surface area contributed by atoms with E-state index in [2.05, 4.69) is 17.1 Å². The molecule has 1 aromatic carbocycles. The van der Waals surface area contributed by atoms with Crippen LogP contribution in [-0.4, -0.2) is 29.4 Å². The predicted molar refractivity (Wildman–Crippen MR) is 87.8 cm³/mol. The Kier molecular flexibility index (Phi) is 3.17. The molecule has 1 aromatic rings. The minimum atomic E-state index is -1.68. The molecule has 2 aliphatic heterocycles. The van der Waals surface area contributed by atoms with Gasteiger partial charge in [0.15, 0.2) is 5.41 Å². The number of fused-ring (bicyclic) bond motifs is 2. The van der Waals surface area contributed by atoms with E-state index >= 15 is 0 Å². The van der Waals surface area contributed by atoms with Crippen LogP contribution in [0.2, 0.25) is 5.02 Å². The second kappa shape index (κ2) is 4.92. The maximum absolute atomic E-state index is 10.9. The normalized spacial score (nSPS) is 39.8. The third kappa shape index (κ3) is 1.59. The van der Waals surface area contributed by atoms with Crippen LogP contribution in [-0.2, 0) is 9.47 Å². The topological polar surface area (TPSA) is 148 Å². The van der Waals surface area contributed by atoms with E-state index in [1.807, 2.05) is 0 Å². The Balaban J connectivity index is 1.90. The Hall–Kier alpha value is -2.72. The van der Waals surface area contributed by atoms with E-state index in [0.29, 0.717) is 5.56 Å². The van der Waals surface area contributed by atoms with E-state index in [9.17, 15) is 20.6 Å². The van der Waals surface area contributed by atoms with Gasteiger partial charge in [-0.3, -0.25) is 10.1 Å². The Morgan fingerprint density at radius 2 is 2.19 bits per heavy atom. The average molecular weight is 374 g/mol. The molecule has 0 radical (unpaired) electrons. The van der Waals surface area contributed by atoms with Crippen LogP contribution in [0.3, 0.4) is 0 Å². The molecule has 1 aliphatic carbocycles. The number of amidine groups is 1. The predicted octanol–water partition coefficient (Wildman–Crippen LogP) is 1.83. The van der Waals surface area contributed by atoms with Gasteiger partial charge in [-0.2, -0.15) is 10.5 Å². The SMILES string of the molecule is C[C@H]1CO[C@@]2(N=C(N)[C@@]3(C#N)[C@@H](c4ccc([N+](=O)[O-])cc4Cl)[C@@]23C#N)O1. The van der Waals surface area contributed by atoms with Crippen molar-refractivity contribution in [2.75, 3.05) is 6.61 Å². The number of nitriles is 2. The number of nitro benzene ring substituents is 1. The molecule has 0 amide bonds. The fourth-order valence-corrected chi connectivity index (χ4v) is 4.48. The molecule has 2 N–H and O–H groups in total. The van der Waals surface area contributed by atoms with Crippen LogP contribution in [0.5, 0.6) is 0 Å². The number of hydrogen-bond donors (Lipinski definition) is 1. The number of hydrogen-bond acceptors (Lipinski definition) is 8. The van der Waals surface area contributed by atoms with Crippen molar-refractivity contribution < 1.29 is 14.4 Å². The summed E-state index contributed by atoms with van der Waals surface area (Å²) in [5.41, 5.74) is 3.27. The zero-order valence-corrected chi connectivity index (χ0v) is 14.2. The van der Waals surface area contributed by atoms with Crippen molar-refractivity contribution in [3.05, 3.63) is 38.9 Å². The fourth-order valence-electron chi connectivity index (χ4n) is 4.19. The van der Waals surface area contributed by atoms with Crippen LogP contribution >= 0.6 is 11.6 Å². The summed E-state index contributed by atoms with van der Waals surface area (Å²) in [6.45, 7) is 1.95. The number of nitrogens with zero attached hydrogens (tertiary/aromatic N) is 4. The summed E-state index contributed by atoms with van der Waals surface area (Å²) in [4.78, 5) is 14.6. The molecule has 0 unspecified atom stereocenters. The second-order valence-electron chi connectivity index (χ2n) is 6.55. The van der Waals surface area contributed by atoms with Gasteiger partial charge in [-0.1, -0.05) is 17.7 Å². The first kappa shape index (κ1) is 16.7. The molecule has 2 fully saturated rings. The van der Waals surface area contributed by atoms with Gasteiger partial charge < -0.3 is 15.2 Å². The third-order valence-electron chi connectivity index (χ3n) is 5.31. The van der Waals surface area contributed by atoms with Gasteiger partial charge in [0, 0.05) is 18.1 Å². The van der Waals surface area contributed by atoms with Gasteiger partial charge in [-0.25, -0.2) is 4.99 Å². The van der Waals surface area contributed by atoms with Gasteiger partial charge in [0.1, 0.15) is 11.3 Å². The number of aliphatic imine (C=N–C) groups is 1. The summed E-state index contributed by atoms with van der Waals surface area (Å²) in [5.74, 6) is -2.52. The van der Waals surface area contributed by atoms with Crippen molar-refractivity contribution >= 4 is 23.1 Å². The molecule has 4 rings (SSSR count). The number of halogens is 1. The fraction of sp³-hybridized carbons (Fsp3) is 0.438. The molecule has 2 heterocycles. The van der Waals surface area contributed by atoms with E-state index in [1.54, 1.807) is 6.92 Å². The van der Waals surface area contributed by atoms with Crippen LogP contribution < -0.4 is 5.73 Å². The molecular formula is C16H12ClN5O4. The highest BCUT2D eigenvalue weighted by Gasteiger charge is 2.94. The van der Waals surface area contributed by atoms with E-state index < -0.39 is 27.6 Å². The third-order valence-corrected chi connectivity index (χ3v) is 5.64. The smallest absolute Gasteiger partial charge is 0.293 e. The van der Waals surface area contributed by atoms with Gasteiger partial charge in [-0.05, 0) is 12.5 Å². The first-order valence-electron chi connectivity index (χ1n) is 7.73. The van der Waals surface area contributed by atoms with Crippen LogP contribution in [0.4, 0.5) is 5.69 Å². The highest BCUT2D eigenvalue weighted by molar-refractivity contribution is 6.31. The van der Waals surface area contributed by atoms with E-state index in [-0.39, 0.29) is 29.3 Å². The number of nitrogens with two attached hydrogens (primary N) is 1. The van der Waals surface area contributed by atoms with Gasteiger partial charge >= 0.3 is 0 Å². The molecule has 132 valence electrons.